The first-order valence-electron chi connectivity index (χ1n) is 9.46. The normalized spacial score (nSPS) is 13.2. The third-order valence-electron chi connectivity index (χ3n) is 4.47. The SMILES string of the molecule is CC(Nc1nccc(N(CC(C)(C)O)S(C)(=O)=O)n1)c1cc2cc(Cl)ccc2[nH]c1=O. The standard InChI is InChI=1S/C20H24ClN5O4S/c1-12(15-10-13-9-14(21)5-6-16(13)24-18(15)27)23-19-22-8-7-17(25-19)26(31(4,29)30)11-20(2,3)28/h5-10,12,28H,11H2,1-4H3,(H,24,27)(H,22,23,25). The fourth-order valence-corrected chi connectivity index (χ4v) is 4.24. The van der Waals surface area contributed by atoms with E-state index in [1.54, 1.807) is 31.2 Å². The third-order valence-corrected chi connectivity index (χ3v) is 5.83. The molecule has 0 fully saturated rings. The minimum absolute atomic E-state index is 0.105. The van der Waals surface area contributed by atoms with Crippen LogP contribution >= 0.6 is 11.6 Å². The van der Waals surface area contributed by atoms with Crippen molar-refractivity contribution in [1.82, 2.24) is 15.0 Å². The van der Waals surface area contributed by atoms with Gasteiger partial charge in [-0.1, -0.05) is 11.6 Å². The number of anilines is 2. The van der Waals surface area contributed by atoms with E-state index in [1.807, 2.05) is 0 Å². The van der Waals surface area contributed by atoms with Gasteiger partial charge < -0.3 is 15.4 Å². The molecule has 1 atom stereocenters. The summed E-state index contributed by atoms with van der Waals surface area (Å²) in [6.45, 7) is 4.60. The molecular weight excluding hydrogens is 442 g/mol. The topological polar surface area (TPSA) is 128 Å². The molecule has 0 aliphatic carbocycles. The number of fused-ring (bicyclic) bond motifs is 1. The maximum absolute atomic E-state index is 12.5. The predicted molar refractivity (Wildman–Crippen MR) is 122 cm³/mol. The van der Waals surface area contributed by atoms with Gasteiger partial charge in [-0.15, -0.1) is 0 Å². The predicted octanol–water partition coefficient (Wildman–Crippen LogP) is 2.68. The smallest absolute Gasteiger partial charge is 0.253 e. The highest BCUT2D eigenvalue weighted by atomic mass is 35.5. The Bertz CT molecular complexity index is 1270. The zero-order valence-corrected chi connectivity index (χ0v) is 19.1. The molecule has 0 aliphatic heterocycles. The summed E-state index contributed by atoms with van der Waals surface area (Å²) in [7, 11) is -3.70. The van der Waals surface area contributed by atoms with Crippen molar-refractivity contribution in [1.29, 1.82) is 0 Å². The number of halogens is 1. The van der Waals surface area contributed by atoms with Crippen LogP contribution < -0.4 is 15.2 Å². The molecular formula is C20H24ClN5O4S. The van der Waals surface area contributed by atoms with Gasteiger partial charge in [-0.3, -0.25) is 9.10 Å². The molecule has 3 N–H and O–H groups in total. The number of nitrogens with zero attached hydrogens (tertiary/aromatic N) is 3. The summed E-state index contributed by atoms with van der Waals surface area (Å²) < 4.78 is 25.5. The van der Waals surface area contributed by atoms with Gasteiger partial charge in [0.1, 0.15) is 5.82 Å². The molecule has 0 bridgehead atoms. The molecule has 0 aliphatic rings. The molecule has 2 aromatic heterocycles. The third kappa shape index (κ3) is 5.72. The lowest BCUT2D eigenvalue weighted by atomic mass is 10.1. The Morgan fingerprint density at radius 1 is 1.29 bits per heavy atom. The minimum Gasteiger partial charge on any atom is -0.389 e. The van der Waals surface area contributed by atoms with E-state index in [0.717, 1.165) is 15.9 Å². The summed E-state index contributed by atoms with van der Waals surface area (Å²) >= 11 is 6.05. The Morgan fingerprint density at radius 3 is 2.65 bits per heavy atom. The molecule has 0 spiro atoms. The summed E-state index contributed by atoms with van der Waals surface area (Å²) in [4.78, 5) is 23.8. The summed E-state index contributed by atoms with van der Waals surface area (Å²) in [6, 6.07) is 7.87. The molecule has 2 heterocycles. The number of hydrogen-bond acceptors (Lipinski definition) is 7. The maximum Gasteiger partial charge on any atom is 0.253 e. The van der Waals surface area contributed by atoms with Crippen molar-refractivity contribution in [3.8, 4) is 0 Å². The number of aromatic nitrogens is 3. The molecule has 0 radical (unpaired) electrons. The van der Waals surface area contributed by atoms with E-state index >= 15 is 0 Å². The number of rotatable bonds is 7. The number of hydrogen-bond donors (Lipinski definition) is 3. The van der Waals surface area contributed by atoms with Crippen molar-refractivity contribution in [2.45, 2.75) is 32.4 Å². The number of nitrogens with one attached hydrogen (secondary N) is 2. The van der Waals surface area contributed by atoms with Crippen molar-refractivity contribution in [2.75, 3.05) is 22.4 Å². The second-order valence-electron chi connectivity index (χ2n) is 7.97. The first-order valence-corrected chi connectivity index (χ1v) is 11.7. The number of aliphatic hydroxyl groups is 1. The zero-order valence-electron chi connectivity index (χ0n) is 17.5. The van der Waals surface area contributed by atoms with E-state index in [0.29, 0.717) is 16.1 Å². The second kappa shape index (κ2) is 8.45. The highest BCUT2D eigenvalue weighted by Gasteiger charge is 2.27. The van der Waals surface area contributed by atoms with Crippen LogP contribution in [0, 0.1) is 0 Å². The molecule has 1 unspecified atom stereocenters. The van der Waals surface area contributed by atoms with Crippen LogP contribution in [-0.4, -0.2) is 46.9 Å². The van der Waals surface area contributed by atoms with Gasteiger partial charge in [0.05, 0.1) is 24.4 Å². The summed E-state index contributed by atoms with van der Waals surface area (Å²) in [5.74, 6) is 0.244. The lowest BCUT2D eigenvalue weighted by Gasteiger charge is -2.28. The first-order chi connectivity index (χ1) is 14.3. The molecule has 31 heavy (non-hydrogen) atoms. The van der Waals surface area contributed by atoms with E-state index in [-0.39, 0.29) is 23.9 Å². The first kappa shape index (κ1) is 23.0. The van der Waals surface area contributed by atoms with Crippen LogP contribution in [0.25, 0.3) is 10.9 Å². The van der Waals surface area contributed by atoms with Gasteiger partial charge in [-0.25, -0.2) is 13.4 Å². The molecule has 166 valence electrons. The quantitative estimate of drug-likeness (QED) is 0.489. The van der Waals surface area contributed by atoms with E-state index in [9.17, 15) is 18.3 Å². The monoisotopic (exact) mass is 465 g/mol. The highest BCUT2D eigenvalue weighted by molar-refractivity contribution is 7.92. The summed E-state index contributed by atoms with van der Waals surface area (Å²) in [5, 5.41) is 14.5. The van der Waals surface area contributed by atoms with E-state index in [1.165, 1.54) is 26.1 Å². The Kier molecular flexibility index (Phi) is 6.26. The summed E-state index contributed by atoms with van der Waals surface area (Å²) in [5.41, 5.74) is -0.431. The van der Waals surface area contributed by atoms with Crippen LogP contribution in [0.3, 0.4) is 0 Å². The van der Waals surface area contributed by atoms with Crippen molar-refractivity contribution in [3.05, 3.63) is 57.5 Å². The van der Waals surface area contributed by atoms with Gasteiger partial charge in [0.25, 0.3) is 5.56 Å². The number of pyridine rings is 1. The van der Waals surface area contributed by atoms with E-state index < -0.39 is 21.7 Å². The average Bonchev–Trinajstić information content (AvgIpc) is 2.64. The second-order valence-corrected chi connectivity index (χ2v) is 10.3. The van der Waals surface area contributed by atoms with Crippen molar-refractivity contribution in [3.63, 3.8) is 0 Å². The van der Waals surface area contributed by atoms with Crippen LogP contribution in [0.5, 0.6) is 0 Å². The fraction of sp³-hybridized carbons (Fsp3) is 0.350. The number of benzene rings is 1. The molecule has 0 amide bonds. The molecule has 3 rings (SSSR count). The van der Waals surface area contributed by atoms with Gasteiger partial charge in [0.2, 0.25) is 16.0 Å². The Labute approximate surface area is 185 Å². The van der Waals surface area contributed by atoms with Crippen molar-refractivity contribution < 1.29 is 13.5 Å². The summed E-state index contributed by atoms with van der Waals surface area (Å²) in [6.07, 6.45) is 2.45. The van der Waals surface area contributed by atoms with Crippen LogP contribution in [0.1, 0.15) is 32.4 Å². The van der Waals surface area contributed by atoms with Crippen LogP contribution in [0.2, 0.25) is 5.02 Å². The van der Waals surface area contributed by atoms with Crippen molar-refractivity contribution in [2.24, 2.45) is 0 Å². The van der Waals surface area contributed by atoms with E-state index in [2.05, 4.69) is 20.3 Å². The molecule has 1 aromatic carbocycles. The van der Waals surface area contributed by atoms with Crippen LogP contribution in [0.15, 0.2) is 41.3 Å². The Balaban J connectivity index is 1.92. The zero-order chi connectivity index (χ0) is 23.0. The van der Waals surface area contributed by atoms with Gasteiger partial charge in [0.15, 0.2) is 0 Å². The Hall–Kier alpha value is -2.69. The van der Waals surface area contributed by atoms with Gasteiger partial charge in [-0.05, 0) is 45.0 Å². The average molecular weight is 466 g/mol. The van der Waals surface area contributed by atoms with Gasteiger partial charge >= 0.3 is 0 Å². The Morgan fingerprint density at radius 2 is 2.00 bits per heavy atom. The van der Waals surface area contributed by atoms with E-state index in [4.69, 9.17) is 11.6 Å². The van der Waals surface area contributed by atoms with Crippen LogP contribution in [-0.2, 0) is 10.0 Å². The lowest BCUT2D eigenvalue weighted by Crippen LogP contribution is -2.42. The largest absolute Gasteiger partial charge is 0.389 e. The molecule has 9 nitrogen and oxygen atoms in total. The molecule has 0 saturated heterocycles. The minimum atomic E-state index is -3.70. The number of sulfonamides is 1. The molecule has 0 saturated carbocycles. The van der Waals surface area contributed by atoms with Gasteiger partial charge in [0, 0.05) is 33.8 Å². The van der Waals surface area contributed by atoms with Crippen LogP contribution in [0.4, 0.5) is 11.8 Å². The number of H-pyrrole nitrogens is 1. The maximum atomic E-state index is 12.5. The van der Waals surface area contributed by atoms with Crippen molar-refractivity contribution >= 4 is 44.3 Å². The molecule has 3 aromatic rings. The molecule has 11 heteroatoms. The number of aromatic amines is 1. The van der Waals surface area contributed by atoms with Gasteiger partial charge in [-0.2, -0.15) is 4.98 Å². The highest BCUT2D eigenvalue weighted by Crippen LogP contribution is 2.23. The lowest BCUT2D eigenvalue weighted by molar-refractivity contribution is 0.0908. The fourth-order valence-electron chi connectivity index (χ4n) is 3.06.